The van der Waals surface area contributed by atoms with E-state index in [1.165, 1.54) is 5.56 Å². The van der Waals surface area contributed by atoms with E-state index in [0.717, 1.165) is 18.4 Å². The summed E-state index contributed by atoms with van der Waals surface area (Å²) < 4.78 is 5.53. The number of H-pyrrole nitrogens is 1. The Bertz CT molecular complexity index is 1080. The highest BCUT2D eigenvalue weighted by molar-refractivity contribution is 6.10. The van der Waals surface area contributed by atoms with Gasteiger partial charge in [-0.3, -0.25) is 9.59 Å². The van der Waals surface area contributed by atoms with Gasteiger partial charge < -0.3 is 20.4 Å². The first kappa shape index (κ1) is 20.4. The fourth-order valence-corrected chi connectivity index (χ4v) is 3.38. The Morgan fingerprint density at radius 3 is 2.68 bits per heavy atom. The maximum absolute atomic E-state index is 12.8. The molecule has 0 aliphatic carbocycles. The van der Waals surface area contributed by atoms with Crippen molar-refractivity contribution in [2.24, 2.45) is 4.99 Å². The molecule has 4 rings (SSSR count). The summed E-state index contributed by atoms with van der Waals surface area (Å²) in [5.41, 5.74) is 3.26. The maximum Gasteiger partial charge on any atom is 0.255 e. The van der Waals surface area contributed by atoms with Crippen molar-refractivity contribution in [2.45, 2.75) is 12.8 Å². The van der Waals surface area contributed by atoms with E-state index >= 15 is 0 Å². The topological polar surface area (TPSA) is 95.6 Å². The van der Waals surface area contributed by atoms with Gasteiger partial charge in [0.15, 0.2) is 0 Å². The number of ether oxygens (including phenoxy) is 1. The molecule has 3 N–H and O–H groups in total. The number of hydrogen-bond acceptors (Lipinski definition) is 4. The number of carbonyl (C=O) groups is 2. The lowest BCUT2D eigenvalue weighted by molar-refractivity contribution is 0.0954. The van der Waals surface area contributed by atoms with Gasteiger partial charge >= 0.3 is 0 Å². The van der Waals surface area contributed by atoms with E-state index in [0.29, 0.717) is 42.4 Å². The van der Waals surface area contributed by atoms with Gasteiger partial charge in [-0.25, -0.2) is 4.99 Å². The molecule has 2 amide bonds. The summed E-state index contributed by atoms with van der Waals surface area (Å²) in [6.45, 7) is 1.67. The molecular weight excluding hydrogens is 392 g/mol. The number of aromatic amines is 1. The average molecular weight is 416 g/mol. The Kier molecular flexibility index (Phi) is 6.42. The highest BCUT2D eigenvalue weighted by Crippen LogP contribution is 2.21. The Morgan fingerprint density at radius 2 is 1.94 bits per heavy atom. The minimum atomic E-state index is -0.284. The van der Waals surface area contributed by atoms with Gasteiger partial charge in [-0.15, -0.1) is 0 Å². The van der Waals surface area contributed by atoms with Crippen LogP contribution in [-0.2, 0) is 11.2 Å². The Hall–Kier alpha value is -3.87. The first-order valence-corrected chi connectivity index (χ1v) is 10.3. The monoisotopic (exact) mass is 416 g/mol. The molecule has 2 aromatic carbocycles. The van der Waals surface area contributed by atoms with Crippen LogP contribution in [0.5, 0.6) is 0 Å². The SMILES string of the molecule is O=C(Nc1cc(C2=NCCO2)ccc1C(=O)NCCCc1cc[nH]c1)c1ccccc1. The zero-order valence-corrected chi connectivity index (χ0v) is 17.1. The quantitative estimate of drug-likeness (QED) is 0.491. The molecule has 31 heavy (non-hydrogen) atoms. The van der Waals surface area contributed by atoms with E-state index in [2.05, 4.69) is 20.6 Å². The number of anilines is 1. The van der Waals surface area contributed by atoms with Crippen LogP contribution >= 0.6 is 0 Å². The fraction of sp³-hybridized carbons (Fsp3) is 0.208. The van der Waals surface area contributed by atoms with Gasteiger partial charge in [0.05, 0.1) is 17.8 Å². The molecule has 0 spiro atoms. The highest BCUT2D eigenvalue weighted by Gasteiger charge is 2.18. The molecule has 0 saturated heterocycles. The van der Waals surface area contributed by atoms with Gasteiger partial charge in [0.2, 0.25) is 5.90 Å². The summed E-state index contributed by atoms with van der Waals surface area (Å²) in [5, 5.41) is 5.81. The molecule has 7 nitrogen and oxygen atoms in total. The van der Waals surface area contributed by atoms with Crippen molar-refractivity contribution in [3.8, 4) is 0 Å². The van der Waals surface area contributed by atoms with E-state index in [9.17, 15) is 9.59 Å². The summed E-state index contributed by atoms with van der Waals surface area (Å²) in [6.07, 6.45) is 5.52. The number of amides is 2. The van der Waals surface area contributed by atoms with E-state index < -0.39 is 0 Å². The van der Waals surface area contributed by atoms with Crippen molar-refractivity contribution >= 4 is 23.4 Å². The molecule has 0 fully saturated rings. The normalized spacial score (nSPS) is 12.7. The van der Waals surface area contributed by atoms with Gasteiger partial charge in [-0.2, -0.15) is 0 Å². The minimum Gasteiger partial charge on any atom is -0.476 e. The summed E-state index contributed by atoms with van der Waals surface area (Å²) >= 11 is 0. The van der Waals surface area contributed by atoms with Crippen LogP contribution in [0.25, 0.3) is 0 Å². The number of aromatic nitrogens is 1. The molecule has 7 heteroatoms. The molecule has 1 aliphatic heterocycles. The molecule has 0 saturated carbocycles. The molecule has 2 heterocycles. The van der Waals surface area contributed by atoms with Gasteiger partial charge in [-0.05, 0) is 54.8 Å². The number of aryl methyl sites for hydroxylation is 1. The number of hydrogen-bond donors (Lipinski definition) is 3. The van der Waals surface area contributed by atoms with Crippen LogP contribution in [0.4, 0.5) is 5.69 Å². The van der Waals surface area contributed by atoms with E-state index in [1.54, 1.807) is 42.5 Å². The third kappa shape index (κ3) is 5.19. The van der Waals surface area contributed by atoms with Crippen molar-refractivity contribution in [1.29, 1.82) is 0 Å². The third-order valence-electron chi connectivity index (χ3n) is 4.97. The van der Waals surface area contributed by atoms with Gasteiger partial charge in [0.1, 0.15) is 6.61 Å². The van der Waals surface area contributed by atoms with Gasteiger partial charge in [-0.1, -0.05) is 18.2 Å². The standard InChI is InChI=1S/C24H24N4O3/c29-22(18-6-2-1-3-7-18)28-21-15-19(24-27-13-14-31-24)8-9-20(21)23(30)26-11-4-5-17-10-12-25-16-17/h1-3,6-10,12,15-16,25H,4-5,11,13-14H2,(H,26,30)(H,28,29). The summed E-state index contributed by atoms with van der Waals surface area (Å²) in [7, 11) is 0. The zero-order valence-electron chi connectivity index (χ0n) is 17.1. The van der Waals surface area contributed by atoms with E-state index in [-0.39, 0.29) is 11.8 Å². The van der Waals surface area contributed by atoms with E-state index in [4.69, 9.17) is 4.74 Å². The van der Waals surface area contributed by atoms with Crippen molar-refractivity contribution in [2.75, 3.05) is 25.0 Å². The molecule has 0 unspecified atom stereocenters. The molecule has 1 aliphatic rings. The molecule has 0 atom stereocenters. The van der Waals surface area contributed by atoms with Crippen molar-refractivity contribution in [3.63, 3.8) is 0 Å². The average Bonchev–Trinajstić information content (AvgIpc) is 3.51. The van der Waals surface area contributed by atoms with Crippen LogP contribution in [-0.4, -0.2) is 42.4 Å². The first-order valence-electron chi connectivity index (χ1n) is 10.3. The Balaban J connectivity index is 1.49. The Morgan fingerprint density at radius 1 is 1.06 bits per heavy atom. The largest absolute Gasteiger partial charge is 0.476 e. The molecule has 0 radical (unpaired) electrons. The summed E-state index contributed by atoms with van der Waals surface area (Å²) in [6, 6.07) is 16.1. The van der Waals surface area contributed by atoms with Gasteiger partial charge in [0, 0.05) is 30.1 Å². The lowest BCUT2D eigenvalue weighted by Gasteiger charge is -2.13. The lowest BCUT2D eigenvalue weighted by atomic mass is 10.1. The fourth-order valence-electron chi connectivity index (χ4n) is 3.38. The lowest BCUT2D eigenvalue weighted by Crippen LogP contribution is -2.26. The van der Waals surface area contributed by atoms with Gasteiger partial charge in [0.25, 0.3) is 11.8 Å². The first-order chi connectivity index (χ1) is 15.2. The second-order valence-electron chi connectivity index (χ2n) is 7.19. The molecule has 0 bridgehead atoms. The van der Waals surface area contributed by atoms with Crippen LogP contribution in [0.1, 0.15) is 38.3 Å². The summed E-state index contributed by atoms with van der Waals surface area (Å²) in [4.78, 5) is 32.9. The number of nitrogens with zero attached hydrogens (tertiary/aromatic N) is 1. The van der Waals surface area contributed by atoms with Crippen molar-refractivity contribution < 1.29 is 14.3 Å². The van der Waals surface area contributed by atoms with Crippen LogP contribution in [0.3, 0.4) is 0 Å². The van der Waals surface area contributed by atoms with E-state index in [1.807, 2.05) is 24.5 Å². The maximum atomic E-state index is 12.8. The van der Waals surface area contributed by atoms with Crippen LogP contribution in [0, 0.1) is 0 Å². The highest BCUT2D eigenvalue weighted by atomic mass is 16.5. The molecular formula is C24H24N4O3. The number of benzene rings is 2. The molecule has 158 valence electrons. The predicted octanol–water partition coefficient (Wildman–Crippen LogP) is 3.41. The molecule has 1 aromatic heterocycles. The Labute approximate surface area is 180 Å². The predicted molar refractivity (Wildman–Crippen MR) is 120 cm³/mol. The number of aliphatic imine (C=N–C) groups is 1. The number of nitrogens with one attached hydrogen (secondary N) is 3. The van der Waals surface area contributed by atoms with Crippen molar-refractivity contribution in [1.82, 2.24) is 10.3 Å². The third-order valence-corrected chi connectivity index (χ3v) is 4.97. The second kappa shape index (κ2) is 9.75. The summed E-state index contributed by atoms with van der Waals surface area (Å²) in [5.74, 6) is 0.000432. The smallest absolute Gasteiger partial charge is 0.255 e. The van der Waals surface area contributed by atoms with Crippen molar-refractivity contribution in [3.05, 3.63) is 89.2 Å². The van der Waals surface area contributed by atoms with Crippen LogP contribution in [0.15, 0.2) is 72.0 Å². The number of carbonyl (C=O) groups excluding carboxylic acids is 2. The van der Waals surface area contributed by atoms with Crippen LogP contribution < -0.4 is 10.6 Å². The second-order valence-corrected chi connectivity index (χ2v) is 7.19. The zero-order chi connectivity index (χ0) is 21.5. The number of rotatable bonds is 8. The minimum absolute atomic E-state index is 0.238. The molecule has 3 aromatic rings. The van der Waals surface area contributed by atoms with Crippen LogP contribution in [0.2, 0.25) is 0 Å².